The zero-order valence-electron chi connectivity index (χ0n) is 10.4. The number of nitrogens with one attached hydrogen (secondary N) is 1. The summed E-state index contributed by atoms with van der Waals surface area (Å²) >= 11 is 0. The lowest BCUT2D eigenvalue weighted by Gasteiger charge is -2.08. The summed E-state index contributed by atoms with van der Waals surface area (Å²) < 4.78 is 26.7. The predicted octanol–water partition coefficient (Wildman–Crippen LogP) is 1.99. The van der Waals surface area contributed by atoms with Gasteiger partial charge >= 0.3 is 0 Å². The summed E-state index contributed by atoms with van der Waals surface area (Å²) in [5, 5.41) is 0. The van der Waals surface area contributed by atoms with E-state index in [1.54, 1.807) is 42.5 Å². The molecule has 5 heteroatoms. The third-order valence-corrected chi connectivity index (χ3v) is 4.09. The minimum atomic E-state index is -3.51. The van der Waals surface area contributed by atoms with E-state index < -0.39 is 10.0 Å². The Morgan fingerprint density at radius 1 is 0.947 bits per heavy atom. The molecular weight excluding hydrogens is 260 g/mol. The van der Waals surface area contributed by atoms with Gasteiger partial charge in [-0.15, -0.1) is 0 Å². The molecule has 2 rings (SSSR count). The Labute approximate surface area is 113 Å². The van der Waals surface area contributed by atoms with Crippen LogP contribution in [-0.4, -0.2) is 15.0 Å². The van der Waals surface area contributed by atoms with Crippen LogP contribution in [0.2, 0.25) is 0 Å². The number of nitrogens with two attached hydrogens (primary N) is 1. The van der Waals surface area contributed by atoms with Crippen LogP contribution in [0.5, 0.6) is 0 Å². The van der Waals surface area contributed by atoms with Gasteiger partial charge in [-0.2, -0.15) is 0 Å². The van der Waals surface area contributed by atoms with Crippen molar-refractivity contribution in [3.8, 4) is 0 Å². The normalized spacial score (nSPS) is 11.2. The van der Waals surface area contributed by atoms with Crippen LogP contribution in [0.25, 0.3) is 0 Å². The minimum absolute atomic E-state index is 0.251. The van der Waals surface area contributed by atoms with Gasteiger partial charge in [-0.3, -0.25) is 4.72 Å². The SMILES string of the molecule is NCCc1ccc(NS(=O)(=O)c2ccccc2)cc1. The van der Waals surface area contributed by atoms with Crippen molar-refractivity contribution in [1.82, 2.24) is 0 Å². The molecule has 19 heavy (non-hydrogen) atoms. The molecule has 2 aromatic rings. The van der Waals surface area contributed by atoms with E-state index in [1.807, 2.05) is 12.1 Å². The van der Waals surface area contributed by atoms with Crippen LogP contribution in [0.15, 0.2) is 59.5 Å². The van der Waals surface area contributed by atoms with Gasteiger partial charge in [0.1, 0.15) is 0 Å². The molecule has 100 valence electrons. The van der Waals surface area contributed by atoms with Crippen molar-refractivity contribution in [2.24, 2.45) is 5.73 Å². The van der Waals surface area contributed by atoms with Crippen molar-refractivity contribution < 1.29 is 8.42 Å². The molecule has 0 aromatic heterocycles. The van der Waals surface area contributed by atoms with Crippen LogP contribution in [0, 0.1) is 0 Å². The van der Waals surface area contributed by atoms with Crippen LogP contribution in [0.3, 0.4) is 0 Å². The van der Waals surface area contributed by atoms with Gasteiger partial charge in [0.25, 0.3) is 10.0 Å². The third-order valence-electron chi connectivity index (χ3n) is 2.69. The quantitative estimate of drug-likeness (QED) is 0.877. The molecule has 0 spiro atoms. The Morgan fingerprint density at radius 2 is 1.58 bits per heavy atom. The standard InChI is InChI=1S/C14H16N2O2S/c15-11-10-12-6-8-13(9-7-12)16-19(17,18)14-4-2-1-3-5-14/h1-9,16H,10-11,15H2. The van der Waals surface area contributed by atoms with Gasteiger partial charge in [0.15, 0.2) is 0 Å². The molecule has 2 aromatic carbocycles. The topological polar surface area (TPSA) is 72.2 Å². The first kappa shape index (κ1) is 13.6. The Bertz CT molecular complexity index is 622. The Kier molecular flexibility index (Phi) is 4.19. The smallest absolute Gasteiger partial charge is 0.261 e. The molecule has 0 bridgehead atoms. The molecule has 0 atom stereocenters. The lowest BCUT2D eigenvalue weighted by atomic mass is 10.1. The Balaban J connectivity index is 2.17. The zero-order chi connectivity index (χ0) is 13.7. The van der Waals surface area contributed by atoms with E-state index in [4.69, 9.17) is 5.73 Å². The summed E-state index contributed by atoms with van der Waals surface area (Å²) in [5.74, 6) is 0. The monoisotopic (exact) mass is 276 g/mol. The average Bonchev–Trinajstić information content (AvgIpc) is 2.42. The van der Waals surface area contributed by atoms with Crippen molar-refractivity contribution in [1.29, 1.82) is 0 Å². The highest BCUT2D eigenvalue weighted by Gasteiger charge is 2.12. The van der Waals surface area contributed by atoms with Crippen molar-refractivity contribution in [3.63, 3.8) is 0 Å². The molecule has 0 heterocycles. The summed E-state index contributed by atoms with van der Waals surface area (Å²) in [6.07, 6.45) is 0.783. The second-order valence-corrected chi connectivity index (χ2v) is 5.84. The van der Waals surface area contributed by atoms with Crippen molar-refractivity contribution in [2.75, 3.05) is 11.3 Å². The fourth-order valence-corrected chi connectivity index (χ4v) is 2.80. The van der Waals surface area contributed by atoms with Crippen molar-refractivity contribution >= 4 is 15.7 Å². The molecule has 0 radical (unpaired) electrons. The fourth-order valence-electron chi connectivity index (χ4n) is 1.72. The number of anilines is 1. The van der Waals surface area contributed by atoms with E-state index >= 15 is 0 Å². The van der Waals surface area contributed by atoms with Gasteiger partial charge in [-0.1, -0.05) is 30.3 Å². The molecule has 4 nitrogen and oxygen atoms in total. The second kappa shape index (κ2) is 5.86. The van der Waals surface area contributed by atoms with Crippen LogP contribution in [0.1, 0.15) is 5.56 Å². The molecule has 0 aliphatic rings. The predicted molar refractivity (Wildman–Crippen MR) is 76.5 cm³/mol. The van der Waals surface area contributed by atoms with Gasteiger partial charge in [0.05, 0.1) is 4.90 Å². The molecule has 0 saturated carbocycles. The van der Waals surface area contributed by atoms with E-state index in [0.717, 1.165) is 12.0 Å². The van der Waals surface area contributed by atoms with E-state index in [9.17, 15) is 8.42 Å². The lowest BCUT2D eigenvalue weighted by Crippen LogP contribution is -2.12. The molecule has 0 aliphatic carbocycles. The number of hydrogen-bond acceptors (Lipinski definition) is 3. The van der Waals surface area contributed by atoms with Gasteiger partial charge < -0.3 is 5.73 Å². The second-order valence-electron chi connectivity index (χ2n) is 4.15. The molecule has 0 unspecified atom stereocenters. The molecule has 3 N–H and O–H groups in total. The van der Waals surface area contributed by atoms with Crippen LogP contribution in [-0.2, 0) is 16.4 Å². The zero-order valence-corrected chi connectivity index (χ0v) is 11.2. The van der Waals surface area contributed by atoms with E-state index in [2.05, 4.69) is 4.72 Å². The van der Waals surface area contributed by atoms with Crippen molar-refractivity contribution in [3.05, 3.63) is 60.2 Å². The number of hydrogen-bond donors (Lipinski definition) is 2. The highest BCUT2D eigenvalue weighted by atomic mass is 32.2. The first-order chi connectivity index (χ1) is 9.12. The summed E-state index contributed by atoms with van der Waals surface area (Å²) in [4.78, 5) is 0.251. The average molecular weight is 276 g/mol. The summed E-state index contributed by atoms with van der Waals surface area (Å²) in [7, 11) is -3.51. The maximum absolute atomic E-state index is 12.1. The van der Waals surface area contributed by atoms with Crippen LogP contribution >= 0.6 is 0 Å². The number of rotatable bonds is 5. The first-order valence-electron chi connectivity index (χ1n) is 5.99. The van der Waals surface area contributed by atoms with Gasteiger partial charge in [0.2, 0.25) is 0 Å². The van der Waals surface area contributed by atoms with Crippen molar-refractivity contribution in [2.45, 2.75) is 11.3 Å². The van der Waals surface area contributed by atoms with Crippen LogP contribution in [0.4, 0.5) is 5.69 Å². The highest BCUT2D eigenvalue weighted by Crippen LogP contribution is 2.16. The van der Waals surface area contributed by atoms with E-state index in [0.29, 0.717) is 12.2 Å². The first-order valence-corrected chi connectivity index (χ1v) is 7.47. The molecule has 0 fully saturated rings. The molecular formula is C14H16N2O2S. The Hall–Kier alpha value is -1.85. The maximum atomic E-state index is 12.1. The Morgan fingerprint density at radius 3 is 2.16 bits per heavy atom. The van der Waals surface area contributed by atoms with Gasteiger partial charge in [0, 0.05) is 5.69 Å². The highest BCUT2D eigenvalue weighted by molar-refractivity contribution is 7.92. The summed E-state index contributed by atoms with van der Waals surface area (Å²) in [6, 6.07) is 15.5. The largest absolute Gasteiger partial charge is 0.330 e. The van der Waals surface area contributed by atoms with Gasteiger partial charge in [-0.05, 0) is 42.8 Å². The van der Waals surface area contributed by atoms with Gasteiger partial charge in [-0.25, -0.2) is 8.42 Å². The fraction of sp³-hybridized carbons (Fsp3) is 0.143. The summed E-state index contributed by atoms with van der Waals surface area (Å²) in [5.41, 5.74) is 7.10. The number of benzene rings is 2. The molecule has 0 aliphatic heterocycles. The van der Waals surface area contributed by atoms with E-state index in [-0.39, 0.29) is 4.90 Å². The maximum Gasteiger partial charge on any atom is 0.261 e. The molecule has 0 amide bonds. The van der Waals surface area contributed by atoms with Crippen LogP contribution < -0.4 is 10.5 Å². The lowest BCUT2D eigenvalue weighted by molar-refractivity contribution is 0.601. The summed E-state index contributed by atoms with van der Waals surface area (Å²) in [6.45, 7) is 0.578. The molecule has 0 saturated heterocycles. The van der Waals surface area contributed by atoms with E-state index in [1.165, 1.54) is 0 Å². The number of sulfonamides is 1. The minimum Gasteiger partial charge on any atom is -0.330 e. The third kappa shape index (κ3) is 3.56.